The van der Waals surface area contributed by atoms with E-state index in [-0.39, 0.29) is 5.91 Å². The Morgan fingerprint density at radius 1 is 1.41 bits per heavy atom. The van der Waals surface area contributed by atoms with E-state index < -0.39 is 0 Å². The van der Waals surface area contributed by atoms with Crippen molar-refractivity contribution in [1.82, 2.24) is 25.1 Å². The molecule has 1 aliphatic carbocycles. The number of nitrogens with zero attached hydrogens (tertiary/aromatic N) is 4. The Kier molecular flexibility index (Phi) is 5.77. The molecule has 1 N–H and O–H groups in total. The number of carbonyl (C=O) groups is 1. The lowest BCUT2D eigenvalue weighted by Crippen LogP contribution is -2.36. The lowest BCUT2D eigenvalue weighted by atomic mass is 9.70. The van der Waals surface area contributed by atoms with Crippen LogP contribution < -0.4 is 5.32 Å². The van der Waals surface area contributed by atoms with E-state index in [2.05, 4.69) is 47.3 Å². The number of nitrogens with one attached hydrogen (secondary N) is 1. The van der Waals surface area contributed by atoms with Crippen LogP contribution in [0.15, 0.2) is 28.6 Å². The van der Waals surface area contributed by atoms with Crippen LogP contribution in [-0.4, -0.2) is 32.2 Å². The summed E-state index contributed by atoms with van der Waals surface area (Å²) in [5, 5.41) is 11.4. The summed E-state index contributed by atoms with van der Waals surface area (Å²) in [5.74, 6) is 3.01. The molecule has 1 amide bonds. The van der Waals surface area contributed by atoms with E-state index in [1.165, 1.54) is 5.57 Å². The number of imidazole rings is 1. The fraction of sp³-hybridized carbons (Fsp3) is 0.600. The maximum Gasteiger partial charge on any atom is 0.265 e. The number of aromatic nitrogens is 4. The molecular formula is C20H29N5O2. The third kappa shape index (κ3) is 4.46. The van der Waals surface area contributed by atoms with Crippen LogP contribution in [0, 0.1) is 23.7 Å². The molecule has 0 saturated heterocycles. The largest absolute Gasteiger partial charge is 0.419 e. The van der Waals surface area contributed by atoms with E-state index in [1.54, 1.807) is 19.4 Å². The summed E-state index contributed by atoms with van der Waals surface area (Å²) in [7, 11) is 1.91. The molecule has 0 saturated carbocycles. The van der Waals surface area contributed by atoms with Crippen LogP contribution in [0.4, 0.5) is 0 Å². The Labute approximate surface area is 160 Å². The molecule has 146 valence electrons. The quantitative estimate of drug-likeness (QED) is 0.789. The minimum Gasteiger partial charge on any atom is -0.419 e. The molecule has 2 aromatic heterocycles. The molecule has 0 spiro atoms. The van der Waals surface area contributed by atoms with Crippen LogP contribution in [-0.2, 0) is 18.3 Å². The van der Waals surface area contributed by atoms with Crippen molar-refractivity contribution < 1.29 is 9.21 Å². The fourth-order valence-corrected chi connectivity index (χ4v) is 3.98. The van der Waals surface area contributed by atoms with Crippen LogP contribution >= 0.6 is 0 Å². The molecule has 0 fully saturated rings. The van der Waals surface area contributed by atoms with Crippen LogP contribution in [0.2, 0.25) is 0 Å². The number of amides is 1. The molecule has 3 atom stereocenters. The SMILES string of the molecule is CC(=O)NC[C@@H]1C=C(C)[C@H](Cc2nnc(-c3cncn3C)o2)C[C@H]1C(C)C. The van der Waals surface area contributed by atoms with E-state index >= 15 is 0 Å². The lowest BCUT2D eigenvalue weighted by Gasteiger charge is -2.37. The second-order valence-electron chi connectivity index (χ2n) is 7.95. The molecule has 2 heterocycles. The maximum absolute atomic E-state index is 11.3. The van der Waals surface area contributed by atoms with Crippen molar-refractivity contribution in [1.29, 1.82) is 0 Å². The molecule has 7 nitrogen and oxygen atoms in total. The van der Waals surface area contributed by atoms with Crippen molar-refractivity contribution in [3.05, 3.63) is 30.1 Å². The van der Waals surface area contributed by atoms with Gasteiger partial charge in [0.05, 0.1) is 12.5 Å². The Morgan fingerprint density at radius 2 is 2.19 bits per heavy atom. The zero-order valence-corrected chi connectivity index (χ0v) is 16.8. The predicted octanol–water partition coefficient (Wildman–Crippen LogP) is 3.00. The van der Waals surface area contributed by atoms with Gasteiger partial charge < -0.3 is 14.3 Å². The van der Waals surface area contributed by atoms with Crippen LogP contribution in [0.3, 0.4) is 0 Å². The molecule has 2 aromatic rings. The van der Waals surface area contributed by atoms with Gasteiger partial charge in [0.15, 0.2) is 0 Å². The number of aryl methyl sites for hydroxylation is 1. The van der Waals surface area contributed by atoms with Crippen molar-refractivity contribution in [2.75, 3.05) is 6.54 Å². The van der Waals surface area contributed by atoms with E-state index in [9.17, 15) is 4.79 Å². The highest BCUT2D eigenvalue weighted by molar-refractivity contribution is 5.72. The summed E-state index contributed by atoms with van der Waals surface area (Å²) in [6, 6.07) is 0. The Morgan fingerprint density at radius 3 is 2.81 bits per heavy atom. The molecule has 1 aliphatic rings. The topological polar surface area (TPSA) is 85.8 Å². The van der Waals surface area contributed by atoms with Crippen molar-refractivity contribution in [2.24, 2.45) is 30.7 Å². The summed E-state index contributed by atoms with van der Waals surface area (Å²) in [4.78, 5) is 15.4. The van der Waals surface area contributed by atoms with Gasteiger partial charge in [-0.2, -0.15) is 0 Å². The average molecular weight is 371 g/mol. The number of hydrogen-bond acceptors (Lipinski definition) is 5. The van der Waals surface area contributed by atoms with Gasteiger partial charge in [-0.3, -0.25) is 4.79 Å². The second kappa shape index (κ2) is 8.06. The molecular weight excluding hydrogens is 342 g/mol. The zero-order chi connectivity index (χ0) is 19.6. The summed E-state index contributed by atoms with van der Waals surface area (Å²) in [6.07, 6.45) is 7.57. The van der Waals surface area contributed by atoms with Gasteiger partial charge in [0.25, 0.3) is 5.89 Å². The van der Waals surface area contributed by atoms with E-state index in [0.717, 1.165) is 18.5 Å². The van der Waals surface area contributed by atoms with Crippen molar-refractivity contribution in [3.8, 4) is 11.6 Å². The second-order valence-corrected chi connectivity index (χ2v) is 7.95. The average Bonchev–Trinajstić information content (AvgIpc) is 3.23. The molecule has 0 unspecified atom stereocenters. The predicted molar refractivity (Wildman–Crippen MR) is 103 cm³/mol. The molecule has 0 radical (unpaired) electrons. The first-order chi connectivity index (χ1) is 12.8. The van der Waals surface area contributed by atoms with Gasteiger partial charge >= 0.3 is 0 Å². The summed E-state index contributed by atoms with van der Waals surface area (Å²) in [5.41, 5.74) is 2.16. The van der Waals surface area contributed by atoms with E-state index in [1.807, 2.05) is 11.6 Å². The van der Waals surface area contributed by atoms with Gasteiger partial charge in [0.1, 0.15) is 5.69 Å². The fourth-order valence-electron chi connectivity index (χ4n) is 3.98. The van der Waals surface area contributed by atoms with Gasteiger partial charge in [-0.25, -0.2) is 4.98 Å². The first-order valence-electron chi connectivity index (χ1n) is 9.57. The number of carbonyl (C=O) groups excluding carboxylic acids is 1. The maximum atomic E-state index is 11.3. The van der Waals surface area contributed by atoms with E-state index in [0.29, 0.717) is 42.0 Å². The highest BCUT2D eigenvalue weighted by Crippen LogP contribution is 2.38. The van der Waals surface area contributed by atoms with Crippen LogP contribution in [0.1, 0.15) is 40.0 Å². The lowest BCUT2D eigenvalue weighted by molar-refractivity contribution is -0.119. The summed E-state index contributed by atoms with van der Waals surface area (Å²) in [6.45, 7) is 8.95. The Bertz CT molecular complexity index is 820. The summed E-state index contributed by atoms with van der Waals surface area (Å²) >= 11 is 0. The van der Waals surface area contributed by atoms with Gasteiger partial charge in [-0.1, -0.05) is 25.5 Å². The molecule has 0 aliphatic heterocycles. The standard InChI is InChI=1S/C20H29N5O2/c1-12(2)17-7-15(13(3)6-16(17)9-22-14(4)26)8-19-23-24-20(27-19)18-10-21-11-25(18)5/h6,10-12,15-17H,7-9H2,1-5H3,(H,22,26)/t15-,16-,17-/m0/s1. The molecule has 0 bridgehead atoms. The zero-order valence-electron chi connectivity index (χ0n) is 16.8. The molecule has 7 heteroatoms. The monoisotopic (exact) mass is 371 g/mol. The smallest absolute Gasteiger partial charge is 0.265 e. The highest BCUT2D eigenvalue weighted by atomic mass is 16.4. The van der Waals surface area contributed by atoms with Crippen LogP contribution in [0.25, 0.3) is 11.6 Å². The summed E-state index contributed by atoms with van der Waals surface area (Å²) < 4.78 is 7.76. The van der Waals surface area contributed by atoms with Crippen LogP contribution in [0.5, 0.6) is 0 Å². The van der Waals surface area contributed by atoms with Crippen molar-refractivity contribution >= 4 is 5.91 Å². The van der Waals surface area contributed by atoms with Crippen molar-refractivity contribution in [2.45, 2.75) is 40.5 Å². The van der Waals surface area contributed by atoms with Gasteiger partial charge in [0, 0.05) is 26.9 Å². The Hall–Kier alpha value is -2.44. The molecule has 0 aromatic carbocycles. The Balaban J connectivity index is 1.73. The first kappa shape index (κ1) is 19.3. The third-order valence-electron chi connectivity index (χ3n) is 5.59. The third-order valence-corrected chi connectivity index (χ3v) is 5.59. The van der Waals surface area contributed by atoms with Gasteiger partial charge in [-0.05, 0) is 37.0 Å². The van der Waals surface area contributed by atoms with E-state index in [4.69, 9.17) is 4.42 Å². The minimum atomic E-state index is 0.0271. The number of allylic oxidation sites excluding steroid dienone is 1. The number of hydrogen-bond donors (Lipinski definition) is 1. The normalized spacial score (nSPS) is 22.7. The molecule has 3 rings (SSSR count). The van der Waals surface area contributed by atoms with Crippen molar-refractivity contribution in [3.63, 3.8) is 0 Å². The highest BCUT2D eigenvalue weighted by Gasteiger charge is 2.32. The first-order valence-corrected chi connectivity index (χ1v) is 9.57. The van der Waals surface area contributed by atoms with Gasteiger partial charge in [0.2, 0.25) is 11.8 Å². The van der Waals surface area contributed by atoms with Gasteiger partial charge in [-0.15, -0.1) is 10.2 Å². The minimum absolute atomic E-state index is 0.0271. The molecule has 27 heavy (non-hydrogen) atoms. The number of rotatable bonds is 6.